The molecule has 3 aromatic rings. The number of hydrogen-bond acceptors (Lipinski definition) is 6. The predicted molar refractivity (Wildman–Crippen MR) is 120 cm³/mol. The number of aryl methyl sites for hydroxylation is 3. The molecule has 9 heteroatoms. The number of nitrogens with one attached hydrogen (secondary N) is 1. The van der Waals surface area contributed by atoms with E-state index in [1.165, 1.54) is 12.1 Å². The van der Waals surface area contributed by atoms with Gasteiger partial charge in [-0.3, -0.25) is 9.48 Å². The number of hydrogen-bond donors (Lipinski definition) is 1. The first-order chi connectivity index (χ1) is 15.5. The van der Waals surface area contributed by atoms with Crippen molar-refractivity contribution in [3.63, 3.8) is 0 Å². The van der Waals surface area contributed by atoms with Crippen molar-refractivity contribution in [1.29, 1.82) is 0 Å². The van der Waals surface area contributed by atoms with Gasteiger partial charge in [0.25, 0.3) is 0 Å². The van der Waals surface area contributed by atoms with Crippen LogP contribution in [-0.2, 0) is 30.7 Å². The van der Waals surface area contributed by atoms with E-state index in [0.717, 1.165) is 60.7 Å². The Labute approximate surface area is 186 Å². The summed E-state index contributed by atoms with van der Waals surface area (Å²) in [6, 6.07) is 6.32. The van der Waals surface area contributed by atoms with E-state index in [9.17, 15) is 9.18 Å². The molecule has 5 rings (SSSR count). The minimum atomic E-state index is -0.240. The molecule has 2 aromatic heterocycles. The van der Waals surface area contributed by atoms with Gasteiger partial charge in [0.2, 0.25) is 11.9 Å². The molecule has 1 amide bonds. The Morgan fingerprint density at radius 3 is 2.81 bits per heavy atom. The van der Waals surface area contributed by atoms with Crippen molar-refractivity contribution >= 4 is 23.4 Å². The quantitative estimate of drug-likeness (QED) is 0.642. The van der Waals surface area contributed by atoms with Gasteiger partial charge in [0.05, 0.1) is 11.9 Å². The summed E-state index contributed by atoms with van der Waals surface area (Å²) >= 11 is 0. The zero-order valence-electron chi connectivity index (χ0n) is 18.3. The van der Waals surface area contributed by atoms with Crippen molar-refractivity contribution in [1.82, 2.24) is 19.7 Å². The number of amides is 1. The molecule has 0 unspecified atom stereocenters. The van der Waals surface area contributed by atoms with Gasteiger partial charge in [-0.25, -0.2) is 9.37 Å². The second-order valence-corrected chi connectivity index (χ2v) is 8.39. The summed E-state index contributed by atoms with van der Waals surface area (Å²) in [5.41, 5.74) is 3.88. The van der Waals surface area contributed by atoms with E-state index in [-0.39, 0.29) is 17.8 Å². The zero-order chi connectivity index (χ0) is 22.2. The van der Waals surface area contributed by atoms with Crippen LogP contribution in [0.25, 0.3) is 0 Å². The highest BCUT2D eigenvalue weighted by atomic mass is 19.1. The van der Waals surface area contributed by atoms with Crippen molar-refractivity contribution in [3.05, 3.63) is 59.3 Å². The van der Waals surface area contributed by atoms with Gasteiger partial charge in [0, 0.05) is 38.4 Å². The van der Waals surface area contributed by atoms with E-state index in [2.05, 4.69) is 10.4 Å². The van der Waals surface area contributed by atoms with Gasteiger partial charge in [-0.1, -0.05) is 12.1 Å². The molecule has 8 nitrogen and oxygen atoms in total. The largest absolute Gasteiger partial charge is 0.350 e. The van der Waals surface area contributed by atoms with E-state index in [1.54, 1.807) is 12.1 Å². The lowest BCUT2D eigenvalue weighted by Gasteiger charge is -2.41. The summed E-state index contributed by atoms with van der Waals surface area (Å²) in [7, 11) is 1.91. The van der Waals surface area contributed by atoms with Gasteiger partial charge in [-0.2, -0.15) is 10.1 Å². The lowest BCUT2D eigenvalue weighted by atomic mass is 10.0. The molecule has 166 valence electrons. The molecule has 2 aliphatic heterocycles. The molecule has 0 spiro atoms. The molecule has 0 saturated heterocycles. The Morgan fingerprint density at radius 2 is 2.00 bits per heavy atom. The highest BCUT2D eigenvalue weighted by Crippen LogP contribution is 2.39. The minimum Gasteiger partial charge on any atom is -0.350 e. The van der Waals surface area contributed by atoms with Gasteiger partial charge < -0.3 is 15.1 Å². The molecule has 1 N–H and O–H groups in total. The second-order valence-electron chi connectivity index (χ2n) is 8.39. The maximum Gasteiger partial charge on any atom is 0.249 e. The Balaban J connectivity index is 1.27. The Bertz CT molecular complexity index is 1140. The molecule has 0 radical (unpaired) electrons. The van der Waals surface area contributed by atoms with Crippen LogP contribution in [0.3, 0.4) is 0 Å². The third-order valence-electron chi connectivity index (χ3n) is 6.22. The SMILES string of the molecule is C[C@H]1C(=O)N2CCCc3nc(NCc4cnn(CCc5ccc(F)cc5)c4)nc(c32)N1C. The fourth-order valence-electron chi connectivity index (χ4n) is 4.27. The molecule has 4 heterocycles. The molecule has 2 aliphatic rings. The molecule has 0 bridgehead atoms. The fourth-order valence-corrected chi connectivity index (χ4v) is 4.27. The van der Waals surface area contributed by atoms with Crippen molar-refractivity contribution in [2.24, 2.45) is 0 Å². The van der Waals surface area contributed by atoms with Crippen molar-refractivity contribution < 1.29 is 9.18 Å². The number of nitrogens with zero attached hydrogens (tertiary/aromatic N) is 6. The van der Waals surface area contributed by atoms with Crippen molar-refractivity contribution in [2.45, 2.75) is 45.3 Å². The molecular weight excluding hydrogens is 409 g/mol. The Hall–Kier alpha value is -3.49. The molecule has 32 heavy (non-hydrogen) atoms. The van der Waals surface area contributed by atoms with Crippen LogP contribution >= 0.6 is 0 Å². The first-order valence-electron chi connectivity index (χ1n) is 10.9. The van der Waals surface area contributed by atoms with Gasteiger partial charge in [0.1, 0.15) is 17.5 Å². The number of anilines is 3. The van der Waals surface area contributed by atoms with Crippen LogP contribution in [0.1, 0.15) is 30.2 Å². The highest BCUT2D eigenvalue weighted by Gasteiger charge is 2.38. The van der Waals surface area contributed by atoms with Crippen LogP contribution in [0, 0.1) is 5.82 Å². The summed E-state index contributed by atoms with van der Waals surface area (Å²) in [6.07, 6.45) is 6.35. The van der Waals surface area contributed by atoms with Crippen LogP contribution in [0.5, 0.6) is 0 Å². The first-order valence-corrected chi connectivity index (χ1v) is 10.9. The lowest BCUT2D eigenvalue weighted by molar-refractivity contribution is -0.119. The molecule has 1 atom stereocenters. The smallest absolute Gasteiger partial charge is 0.249 e. The van der Waals surface area contributed by atoms with Crippen molar-refractivity contribution in [3.8, 4) is 0 Å². The third-order valence-corrected chi connectivity index (χ3v) is 6.22. The summed E-state index contributed by atoms with van der Waals surface area (Å²) in [6.45, 7) is 3.91. The fraction of sp³-hybridized carbons (Fsp3) is 0.391. The van der Waals surface area contributed by atoms with Crippen molar-refractivity contribution in [2.75, 3.05) is 28.7 Å². The van der Waals surface area contributed by atoms with Crippen LogP contribution in [0.15, 0.2) is 36.7 Å². The number of carbonyl (C=O) groups excluding carboxylic acids is 1. The first kappa shape index (κ1) is 20.4. The zero-order valence-corrected chi connectivity index (χ0v) is 18.3. The van der Waals surface area contributed by atoms with E-state index in [0.29, 0.717) is 12.5 Å². The van der Waals surface area contributed by atoms with E-state index in [4.69, 9.17) is 9.97 Å². The van der Waals surface area contributed by atoms with Gasteiger partial charge >= 0.3 is 0 Å². The van der Waals surface area contributed by atoms with Gasteiger partial charge in [0.15, 0.2) is 5.82 Å². The van der Waals surface area contributed by atoms with Gasteiger partial charge in [-0.05, 0) is 43.9 Å². The summed E-state index contributed by atoms with van der Waals surface area (Å²) < 4.78 is 14.9. The topological polar surface area (TPSA) is 79.2 Å². The maximum absolute atomic E-state index is 13.0. The molecule has 1 aromatic carbocycles. The lowest BCUT2D eigenvalue weighted by Crippen LogP contribution is -2.53. The second kappa shape index (κ2) is 8.22. The number of likely N-dealkylation sites (N-methyl/N-ethyl adjacent to an activating group) is 1. The Morgan fingerprint density at radius 1 is 1.19 bits per heavy atom. The number of halogens is 1. The molecule has 0 aliphatic carbocycles. The number of carbonyl (C=O) groups is 1. The summed E-state index contributed by atoms with van der Waals surface area (Å²) in [4.78, 5) is 25.9. The number of benzene rings is 1. The van der Waals surface area contributed by atoms with Crippen LogP contribution in [0.2, 0.25) is 0 Å². The predicted octanol–water partition coefficient (Wildman–Crippen LogP) is 2.78. The molecular formula is C23H26FN7O. The van der Waals surface area contributed by atoms with Crippen LogP contribution in [0.4, 0.5) is 21.8 Å². The standard InChI is InChI=1S/C23H26FN7O/c1-15-22(32)31-10-3-4-19-20(31)21(29(15)2)28-23(27-19)25-12-17-13-26-30(14-17)11-9-16-5-7-18(24)8-6-16/h5-8,13-15H,3-4,9-12H2,1-2H3,(H,25,27,28)/t15-/m0/s1. The summed E-state index contributed by atoms with van der Waals surface area (Å²) in [5.74, 6) is 1.25. The van der Waals surface area contributed by atoms with E-state index in [1.807, 2.05) is 40.8 Å². The van der Waals surface area contributed by atoms with Crippen LogP contribution in [-0.4, -0.2) is 45.3 Å². The third kappa shape index (κ3) is 3.79. The molecule has 0 fully saturated rings. The average Bonchev–Trinajstić information content (AvgIpc) is 3.27. The Kier molecular flexibility index (Phi) is 5.24. The number of aromatic nitrogens is 4. The molecule has 0 saturated carbocycles. The summed E-state index contributed by atoms with van der Waals surface area (Å²) in [5, 5.41) is 7.74. The van der Waals surface area contributed by atoms with E-state index < -0.39 is 0 Å². The van der Waals surface area contributed by atoms with Gasteiger partial charge in [-0.15, -0.1) is 0 Å². The normalized spacial score (nSPS) is 17.5. The van der Waals surface area contributed by atoms with Crippen LogP contribution < -0.4 is 15.1 Å². The number of rotatable bonds is 6. The monoisotopic (exact) mass is 435 g/mol. The maximum atomic E-state index is 13.0. The average molecular weight is 436 g/mol. The van der Waals surface area contributed by atoms with E-state index >= 15 is 0 Å². The minimum absolute atomic E-state index is 0.110. The highest BCUT2D eigenvalue weighted by molar-refractivity contribution is 6.05.